The van der Waals surface area contributed by atoms with Crippen LogP contribution in [0.25, 0.3) is 0 Å². The Morgan fingerprint density at radius 2 is 2.00 bits per heavy atom. The third-order valence-corrected chi connectivity index (χ3v) is 3.55. The lowest BCUT2D eigenvalue weighted by Gasteiger charge is -2.36. The number of anilines is 1. The van der Waals surface area contributed by atoms with Crippen LogP contribution in [0.3, 0.4) is 0 Å². The van der Waals surface area contributed by atoms with Gasteiger partial charge in [0.15, 0.2) is 0 Å². The van der Waals surface area contributed by atoms with Crippen LogP contribution in [0, 0.1) is 0 Å². The summed E-state index contributed by atoms with van der Waals surface area (Å²) in [7, 11) is 0. The molecule has 18 heavy (non-hydrogen) atoms. The summed E-state index contributed by atoms with van der Waals surface area (Å²) in [4.78, 5) is 15.6. The number of hydrogen-bond acceptors (Lipinski definition) is 3. The quantitative estimate of drug-likeness (QED) is 0.893. The van der Waals surface area contributed by atoms with Gasteiger partial charge in [-0.1, -0.05) is 18.5 Å². The van der Waals surface area contributed by atoms with Gasteiger partial charge in [-0.25, -0.2) is 0 Å². The second-order valence-corrected chi connectivity index (χ2v) is 4.76. The van der Waals surface area contributed by atoms with Gasteiger partial charge in [0.2, 0.25) is 5.91 Å². The molecule has 1 fully saturated rings. The average Bonchev–Trinajstić information content (AvgIpc) is 2.41. The Morgan fingerprint density at radius 3 is 2.56 bits per heavy atom. The van der Waals surface area contributed by atoms with E-state index in [2.05, 4.69) is 4.90 Å². The van der Waals surface area contributed by atoms with Gasteiger partial charge in [0, 0.05) is 44.4 Å². The van der Waals surface area contributed by atoms with Gasteiger partial charge in [-0.05, 0) is 12.1 Å². The maximum Gasteiger partial charge on any atom is 0.222 e. The van der Waals surface area contributed by atoms with E-state index in [1.165, 1.54) is 0 Å². The van der Waals surface area contributed by atoms with Crippen molar-refractivity contribution in [3.63, 3.8) is 0 Å². The van der Waals surface area contributed by atoms with Crippen LogP contribution in [0.15, 0.2) is 18.2 Å². The first-order valence-corrected chi connectivity index (χ1v) is 6.51. The molecule has 0 aliphatic carbocycles. The number of phenolic OH excluding ortho intramolecular Hbond substituents is 1. The zero-order valence-corrected chi connectivity index (χ0v) is 11.2. The number of rotatable bonds is 2. The number of halogens is 1. The normalized spacial score (nSPS) is 15.9. The highest BCUT2D eigenvalue weighted by Gasteiger charge is 2.20. The second kappa shape index (κ2) is 5.48. The van der Waals surface area contributed by atoms with E-state index < -0.39 is 0 Å². The highest BCUT2D eigenvalue weighted by Crippen LogP contribution is 2.28. The molecule has 1 amide bonds. The number of nitrogens with zero attached hydrogens (tertiary/aromatic N) is 2. The zero-order valence-electron chi connectivity index (χ0n) is 10.4. The molecular weight excluding hydrogens is 252 g/mol. The molecule has 0 aromatic heterocycles. The molecule has 1 heterocycles. The van der Waals surface area contributed by atoms with Gasteiger partial charge in [-0.15, -0.1) is 0 Å². The van der Waals surface area contributed by atoms with Crippen molar-refractivity contribution in [3.05, 3.63) is 23.2 Å². The number of benzene rings is 1. The average molecular weight is 269 g/mol. The fourth-order valence-corrected chi connectivity index (χ4v) is 2.25. The van der Waals surface area contributed by atoms with Crippen molar-refractivity contribution >= 4 is 23.2 Å². The fourth-order valence-electron chi connectivity index (χ4n) is 2.14. The van der Waals surface area contributed by atoms with Crippen LogP contribution < -0.4 is 4.90 Å². The predicted octanol–water partition coefficient (Wildman–Crippen LogP) is 2.10. The summed E-state index contributed by atoms with van der Waals surface area (Å²) < 4.78 is 0. The Labute approximate surface area is 112 Å². The molecule has 5 heteroatoms. The third kappa shape index (κ3) is 2.70. The van der Waals surface area contributed by atoms with Crippen molar-refractivity contribution in [1.82, 2.24) is 4.90 Å². The monoisotopic (exact) mass is 268 g/mol. The van der Waals surface area contributed by atoms with Crippen molar-refractivity contribution in [1.29, 1.82) is 0 Å². The smallest absolute Gasteiger partial charge is 0.222 e. The van der Waals surface area contributed by atoms with Crippen molar-refractivity contribution in [2.24, 2.45) is 0 Å². The van der Waals surface area contributed by atoms with E-state index in [1.807, 2.05) is 17.9 Å². The van der Waals surface area contributed by atoms with Crippen LogP contribution in [0.2, 0.25) is 5.02 Å². The molecule has 1 aliphatic rings. The van der Waals surface area contributed by atoms with E-state index in [4.69, 9.17) is 11.6 Å². The molecule has 4 nitrogen and oxygen atoms in total. The van der Waals surface area contributed by atoms with Crippen molar-refractivity contribution in [2.45, 2.75) is 13.3 Å². The predicted molar refractivity (Wildman–Crippen MR) is 72.2 cm³/mol. The summed E-state index contributed by atoms with van der Waals surface area (Å²) in [6.45, 7) is 4.91. The molecule has 0 spiro atoms. The van der Waals surface area contributed by atoms with E-state index >= 15 is 0 Å². The molecular formula is C13H17ClN2O2. The lowest BCUT2D eigenvalue weighted by atomic mass is 10.2. The van der Waals surface area contributed by atoms with Crippen molar-refractivity contribution in [2.75, 3.05) is 31.1 Å². The molecule has 2 rings (SSSR count). The number of aromatic hydroxyl groups is 1. The van der Waals surface area contributed by atoms with Gasteiger partial charge in [-0.2, -0.15) is 0 Å². The second-order valence-electron chi connectivity index (χ2n) is 4.36. The summed E-state index contributed by atoms with van der Waals surface area (Å²) in [6.07, 6.45) is 0.557. The van der Waals surface area contributed by atoms with Crippen molar-refractivity contribution in [3.8, 4) is 5.75 Å². The number of carbonyl (C=O) groups is 1. The summed E-state index contributed by atoms with van der Waals surface area (Å²) in [5.74, 6) is 0.301. The Kier molecular flexibility index (Phi) is 3.97. The fraction of sp³-hybridized carbons (Fsp3) is 0.462. The van der Waals surface area contributed by atoms with E-state index in [-0.39, 0.29) is 11.7 Å². The van der Waals surface area contributed by atoms with Crippen LogP contribution in [0.5, 0.6) is 5.75 Å². The first kappa shape index (κ1) is 13.0. The molecule has 0 unspecified atom stereocenters. The topological polar surface area (TPSA) is 43.8 Å². The maximum atomic E-state index is 11.6. The van der Waals surface area contributed by atoms with Gasteiger partial charge in [0.1, 0.15) is 5.75 Å². The molecule has 0 saturated carbocycles. The third-order valence-electron chi connectivity index (χ3n) is 3.23. The number of hydrogen-bond donors (Lipinski definition) is 1. The zero-order chi connectivity index (χ0) is 13.1. The van der Waals surface area contributed by atoms with Crippen LogP contribution in [0.4, 0.5) is 5.69 Å². The summed E-state index contributed by atoms with van der Waals surface area (Å²) in [5, 5.41) is 9.95. The molecule has 1 aliphatic heterocycles. The number of piperazine rings is 1. The molecule has 0 atom stereocenters. The SMILES string of the molecule is CCC(=O)N1CCN(c2ccc(Cl)c(O)c2)CC1. The molecule has 0 radical (unpaired) electrons. The minimum Gasteiger partial charge on any atom is -0.506 e. The molecule has 1 aromatic carbocycles. The highest BCUT2D eigenvalue weighted by molar-refractivity contribution is 6.32. The highest BCUT2D eigenvalue weighted by atomic mass is 35.5. The molecule has 98 valence electrons. The molecule has 1 aromatic rings. The first-order valence-electron chi connectivity index (χ1n) is 6.13. The standard InChI is InChI=1S/C13H17ClN2O2/c1-2-13(18)16-7-5-15(6-8-16)10-3-4-11(14)12(17)9-10/h3-4,9,17H,2,5-8H2,1H3. The van der Waals surface area contributed by atoms with E-state index in [9.17, 15) is 9.90 Å². The Balaban J connectivity index is 2.01. The largest absolute Gasteiger partial charge is 0.506 e. The minimum absolute atomic E-state index is 0.0984. The van der Waals surface area contributed by atoms with Crippen LogP contribution >= 0.6 is 11.6 Å². The van der Waals surface area contributed by atoms with Gasteiger partial charge in [0.05, 0.1) is 5.02 Å². The Hall–Kier alpha value is -1.42. The maximum absolute atomic E-state index is 11.6. The van der Waals surface area contributed by atoms with Gasteiger partial charge in [-0.3, -0.25) is 4.79 Å². The minimum atomic E-state index is 0.0984. The molecule has 1 N–H and O–H groups in total. The van der Waals surface area contributed by atoms with Crippen LogP contribution in [-0.4, -0.2) is 42.1 Å². The van der Waals surface area contributed by atoms with E-state index in [1.54, 1.807) is 12.1 Å². The van der Waals surface area contributed by atoms with Gasteiger partial charge in [0.25, 0.3) is 0 Å². The van der Waals surface area contributed by atoms with Gasteiger partial charge >= 0.3 is 0 Å². The summed E-state index contributed by atoms with van der Waals surface area (Å²) in [6, 6.07) is 5.24. The van der Waals surface area contributed by atoms with Crippen LogP contribution in [-0.2, 0) is 4.79 Å². The Morgan fingerprint density at radius 1 is 1.33 bits per heavy atom. The number of carbonyl (C=O) groups excluding carboxylic acids is 1. The van der Waals surface area contributed by atoms with Gasteiger partial charge < -0.3 is 14.9 Å². The van der Waals surface area contributed by atoms with Crippen LogP contribution in [0.1, 0.15) is 13.3 Å². The summed E-state index contributed by atoms with van der Waals surface area (Å²) in [5.41, 5.74) is 0.945. The lowest BCUT2D eigenvalue weighted by molar-refractivity contribution is -0.131. The first-order chi connectivity index (χ1) is 8.61. The molecule has 0 bridgehead atoms. The Bertz CT molecular complexity index is 443. The number of phenols is 1. The van der Waals surface area contributed by atoms with Crippen molar-refractivity contribution < 1.29 is 9.90 Å². The van der Waals surface area contributed by atoms with E-state index in [0.29, 0.717) is 11.4 Å². The lowest BCUT2D eigenvalue weighted by Crippen LogP contribution is -2.48. The summed E-state index contributed by atoms with van der Waals surface area (Å²) >= 11 is 5.78. The molecule has 1 saturated heterocycles. The van der Waals surface area contributed by atoms with E-state index in [0.717, 1.165) is 31.9 Å². The number of amides is 1.